The smallest absolute Gasteiger partial charge is 0.118 e. The largest absolute Gasteiger partial charge is 0.550 e. The van der Waals surface area contributed by atoms with Gasteiger partial charge in [-0.1, -0.05) is 0 Å². The molecule has 0 saturated heterocycles. The highest BCUT2D eigenvalue weighted by atomic mass is 16.4. The van der Waals surface area contributed by atoms with Gasteiger partial charge >= 0.3 is 0 Å². The highest BCUT2D eigenvalue weighted by Crippen LogP contribution is 1.84. The summed E-state index contributed by atoms with van der Waals surface area (Å²) in [7, 11) is 5.40. The van der Waals surface area contributed by atoms with Crippen LogP contribution in [0.25, 0.3) is 0 Å². The second-order valence-electron chi connectivity index (χ2n) is 3.31. The van der Waals surface area contributed by atoms with Crippen molar-refractivity contribution in [3.63, 3.8) is 0 Å². The molecule has 0 aromatic rings. The number of quaternary nitrogens is 1. The van der Waals surface area contributed by atoms with Gasteiger partial charge in [0.1, 0.15) is 6.54 Å². The van der Waals surface area contributed by atoms with Gasteiger partial charge in [-0.3, -0.25) is 0 Å². The summed E-state index contributed by atoms with van der Waals surface area (Å²) in [6.07, 6.45) is 0. The van der Waals surface area contributed by atoms with E-state index in [2.05, 4.69) is 0 Å². The molecule has 0 rings (SSSR count). The molecule has 0 aromatic carbocycles. The molecule has 0 spiro atoms. The number of carboxylic acid groups (broad SMARTS) is 2. The van der Waals surface area contributed by atoms with Crippen LogP contribution in [0.15, 0.2) is 0 Å². The number of likely N-dealkylation sites (N-methyl/N-ethyl adjacent to an activating group) is 1. The van der Waals surface area contributed by atoms with Gasteiger partial charge in [0.2, 0.25) is 0 Å². The maximum Gasteiger partial charge on any atom is 0.118 e. The molecule has 12 heavy (non-hydrogen) atoms. The topological polar surface area (TPSA) is 80.3 Å². The molecule has 0 radical (unpaired) electrons. The van der Waals surface area contributed by atoms with E-state index >= 15 is 0 Å². The van der Waals surface area contributed by atoms with Crippen LogP contribution in [0.3, 0.4) is 0 Å². The fourth-order valence-corrected chi connectivity index (χ4v) is 0.387. The third kappa shape index (κ3) is 36.5. The molecule has 0 N–H and O–H groups in total. The first kappa shape index (κ1) is 13.5. The Labute approximate surface area is 71.8 Å². The number of carbonyl (C=O) groups excluding carboxylic acids is 2. The predicted octanol–water partition coefficient (Wildman–Crippen LogP) is -2.80. The lowest BCUT2D eigenvalue weighted by Gasteiger charge is -2.23. The van der Waals surface area contributed by atoms with Gasteiger partial charge in [0.15, 0.2) is 0 Å². The van der Waals surface area contributed by atoms with Gasteiger partial charge in [0, 0.05) is 5.97 Å². The highest BCUT2D eigenvalue weighted by Gasteiger charge is 2.04. The zero-order chi connectivity index (χ0) is 10.4. The van der Waals surface area contributed by atoms with Crippen LogP contribution in [-0.4, -0.2) is 44.1 Å². The average molecular weight is 176 g/mol. The monoisotopic (exact) mass is 176 g/mol. The number of carboxylic acids is 2. The minimum absolute atomic E-state index is 0.0694. The van der Waals surface area contributed by atoms with Gasteiger partial charge in [-0.15, -0.1) is 0 Å². The standard InChI is InChI=1S/C5H11NO2.C2H4O2/c1-6(2,3)4-5(7)8;1-2(3)4/h4H2,1-3H3;1H3,(H,3,4)/p-1. The molecule has 0 unspecified atom stereocenters. The molecule has 0 fully saturated rings. The lowest BCUT2D eigenvalue weighted by Crippen LogP contribution is -2.45. The summed E-state index contributed by atoms with van der Waals surface area (Å²) in [5.74, 6) is -2.09. The lowest BCUT2D eigenvalue weighted by molar-refractivity contribution is -0.864. The Morgan fingerprint density at radius 3 is 1.42 bits per heavy atom. The first-order valence-electron chi connectivity index (χ1n) is 3.33. The lowest BCUT2D eigenvalue weighted by atomic mass is 10.5. The third-order valence-corrected chi connectivity index (χ3v) is 0.603. The Hall–Kier alpha value is -1.10. The van der Waals surface area contributed by atoms with Gasteiger partial charge in [-0.2, -0.15) is 0 Å². The van der Waals surface area contributed by atoms with E-state index in [1.807, 2.05) is 0 Å². The minimum Gasteiger partial charge on any atom is -0.550 e. The molecular formula is C7H14NO4-. The second-order valence-corrected chi connectivity index (χ2v) is 3.31. The summed E-state index contributed by atoms with van der Waals surface area (Å²) in [5, 5.41) is 18.8. The number of rotatable bonds is 2. The van der Waals surface area contributed by atoms with E-state index in [9.17, 15) is 9.90 Å². The van der Waals surface area contributed by atoms with E-state index in [1.54, 1.807) is 21.1 Å². The van der Waals surface area contributed by atoms with Crippen molar-refractivity contribution >= 4 is 11.9 Å². The van der Waals surface area contributed by atoms with Crippen molar-refractivity contribution in [1.82, 2.24) is 0 Å². The van der Waals surface area contributed by atoms with Gasteiger partial charge in [0.05, 0.1) is 27.1 Å². The molecule has 0 atom stereocenters. The SMILES string of the molecule is CC(=O)[O-].C[N+](C)(C)CC(=O)[O-]. The van der Waals surface area contributed by atoms with Crippen molar-refractivity contribution in [3.05, 3.63) is 0 Å². The van der Waals surface area contributed by atoms with E-state index in [0.29, 0.717) is 4.48 Å². The molecule has 0 aliphatic carbocycles. The van der Waals surface area contributed by atoms with Crippen molar-refractivity contribution in [2.24, 2.45) is 0 Å². The van der Waals surface area contributed by atoms with Gasteiger partial charge < -0.3 is 24.3 Å². The number of hydrogen-bond donors (Lipinski definition) is 0. The average Bonchev–Trinajstić information content (AvgIpc) is 1.52. The van der Waals surface area contributed by atoms with Crippen LogP contribution in [0.1, 0.15) is 6.92 Å². The van der Waals surface area contributed by atoms with Gasteiger partial charge in [-0.25, -0.2) is 0 Å². The molecule has 5 nitrogen and oxygen atoms in total. The Morgan fingerprint density at radius 1 is 1.17 bits per heavy atom. The molecule has 0 aliphatic heterocycles. The molecule has 5 heteroatoms. The van der Waals surface area contributed by atoms with Crippen molar-refractivity contribution in [2.45, 2.75) is 6.92 Å². The molecule has 0 heterocycles. The zero-order valence-electron chi connectivity index (χ0n) is 7.79. The molecular weight excluding hydrogens is 162 g/mol. The van der Waals surface area contributed by atoms with Gasteiger partial charge in [-0.05, 0) is 6.92 Å². The Balaban J connectivity index is 0. The number of aliphatic carboxylic acids is 2. The fourth-order valence-electron chi connectivity index (χ4n) is 0.387. The molecule has 0 bridgehead atoms. The van der Waals surface area contributed by atoms with E-state index < -0.39 is 11.9 Å². The first-order valence-corrected chi connectivity index (χ1v) is 3.33. The normalized spacial score (nSPS) is 9.67. The number of hydrogen-bond acceptors (Lipinski definition) is 4. The molecule has 0 saturated carbocycles. The van der Waals surface area contributed by atoms with Crippen LogP contribution >= 0.6 is 0 Å². The van der Waals surface area contributed by atoms with Crippen LogP contribution in [0.4, 0.5) is 0 Å². The van der Waals surface area contributed by atoms with E-state index in [4.69, 9.17) is 9.90 Å². The van der Waals surface area contributed by atoms with Crippen molar-refractivity contribution in [3.8, 4) is 0 Å². The summed E-state index contributed by atoms with van der Waals surface area (Å²) in [6.45, 7) is 1.04. The predicted molar refractivity (Wildman–Crippen MR) is 38.6 cm³/mol. The molecule has 0 amide bonds. The minimum atomic E-state index is -1.08. The van der Waals surface area contributed by atoms with Gasteiger partial charge in [0.25, 0.3) is 0 Å². The third-order valence-electron chi connectivity index (χ3n) is 0.603. The summed E-state index contributed by atoms with van der Waals surface area (Å²) < 4.78 is 0.419. The Morgan fingerprint density at radius 2 is 1.42 bits per heavy atom. The maximum absolute atomic E-state index is 9.89. The Kier molecular flexibility index (Phi) is 6.22. The zero-order valence-corrected chi connectivity index (χ0v) is 7.79. The summed E-state index contributed by atoms with van der Waals surface area (Å²) in [6, 6.07) is 0. The van der Waals surface area contributed by atoms with E-state index in [1.165, 1.54) is 0 Å². The van der Waals surface area contributed by atoms with Crippen molar-refractivity contribution in [1.29, 1.82) is 0 Å². The summed E-state index contributed by atoms with van der Waals surface area (Å²) in [5.41, 5.74) is 0. The number of nitrogens with zero attached hydrogens (tertiary/aromatic N) is 1. The second kappa shape index (κ2) is 5.54. The molecule has 0 aliphatic rings. The Bertz CT molecular complexity index is 155. The number of carbonyl (C=O) groups is 2. The van der Waals surface area contributed by atoms with Crippen LogP contribution in [0.2, 0.25) is 0 Å². The van der Waals surface area contributed by atoms with Crippen LogP contribution < -0.4 is 10.2 Å². The fraction of sp³-hybridized carbons (Fsp3) is 0.714. The highest BCUT2D eigenvalue weighted by molar-refractivity contribution is 5.65. The van der Waals surface area contributed by atoms with E-state index in [-0.39, 0.29) is 6.54 Å². The summed E-state index contributed by atoms with van der Waals surface area (Å²) >= 11 is 0. The van der Waals surface area contributed by atoms with E-state index in [0.717, 1.165) is 6.92 Å². The van der Waals surface area contributed by atoms with Crippen LogP contribution in [0.5, 0.6) is 0 Å². The van der Waals surface area contributed by atoms with Crippen LogP contribution in [-0.2, 0) is 9.59 Å². The quantitative estimate of drug-likeness (QED) is 0.426. The molecule has 72 valence electrons. The maximum atomic E-state index is 9.89. The van der Waals surface area contributed by atoms with Crippen molar-refractivity contribution in [2.75, 3.05) is 27.7 Å². The molecule has 0 aromatic heterocycles. The summed E-state index contributed by atoms with van der Waals surface area (Å²) in [4.78, 5) is 18.8. The van der Waals surface area contributed by atoms with Crippen LogP contribution in [0, 0.1) is 0 Å². The van der Waals surface area contributed by atoms with Crippen molar-refractivity contribution < 1.29 is 24.3 Å². The first-order chi connectivity index (χ1) is 5.15.